The molecule has 2 nitrogen and oxygen atoms in total. The maximum Gasteiger partial charge on any atom is 0.0374 e. The van der Waals surface area contributed by atoms with Crippen LogP contribution >= 0.6 is 0 Å². The summed E-state index contributed by atoms with van der Waals surface area (Å²) in [6, 6.07) is 9.14. The SMILES string of the molecule is CCCCCCC/C(C)=N/N=CC(C)C(CC)(CCCC)c1ccc(C)cc1. The molecule has 0 aliphatic rings. The fraction of sp³-hybridized carbons (Fsp3) is 0.692. The van der Waals surface area contributed by atoms with Gasteiger partial charge in [0.2, 0.25) is 0 Å². The first-order chi connectivity index (χ1) is 13.5. The fourth-order valence-corrected chi connectivity index (χ4v) is 4.12. The molecule has 0 saturated heterocycles. The molecule has 0 aromatic heterocycles. The second-order valence-electron chi connectivity index (χ2n) is 8.53. The Hall–Kier alpha value is -1.44. The van der Waals surface area contributed by atoms with Crippen LogP contribution in [0.15, 0.2) is 34.5 Å². The van der Waals surface area contributed by atoms with E-state index in [0.29, 0.717) is 5.92 Å². The highest BCUT2D eigenvalue weighted by Gasteiger charge is 2.34. The Morgan fingerprint density at radius 2 is 1.61 bits per heavy atom. The van der Waals surface area contributed by atoms with E-state index in [1.165, 1.54) is 62.5 Å². The molecule has 158 valence electrons. The fourth-order valence-electron chi connectivity index (χ4n) is 4.12. The van der Waals surface area contributed by atoms with Gasteiger partial charge in [0.1, 0.15) is 0 Å². The third-order valence-electron chi connectivity index (χ3n) is 6.27. The van der Waals surface area contributed by atoms with Gasteiger partial charge in [-0.05, 0) is 45.1 Å². The number of hydrogen-bond acceptors (Lipinski definition) is 2. The van der Waals surface area contributed by atoms with Crippen molar-refractivity contribution in [2.24, 2.45) is 16.1 Å². The Bertz CT molecular complexity index is 585. The van der Waals surface area contributed by atoms with Crippen molar-refractivity contribution >= 4 is 11.9 Å². The molecule has 1 rings (SSSR count). The van der Waals surface area contributed by atoms with Crippen molar-refractivity contribution in [3.63, 3.8) is 0 Å². The molecule has 0 bridgehead atoms. The van der Waals surface area contributed by atoms with Gasteiger partial charge in [0, 0.05) is 23.3 Å². The molecule has 2 atom stereocenters. The monoisotopic (exact) mass is 384 g/mol. The van der Waals surface area contributed by atoms with Crippen LogP contribution in [-0.4, -0.2) is 11.9 Å². The highest BCUT2D eigenvalue weighted by Crippen LogP contribution is 2.40. The lowest BCUT2D eigenvalue weighted by molar-refractivity contribution is 0.309. The van der Waals surface area contributed by atoms with Gasteiger partial charge in [-0.15, -0.1) is 0 Å². The second-order valence-corrected chi connectivity index (χ2v) is 8.53. The molecule has 0 amide bonds. The number of rotatable bonds is 14. The lowest BCUT2D eigenvalue weighted by atomic mass is 9.66. The third-order valence-corrected chi connectivity index (χ3v) is 6.27. The van der Waals surface area contributed by atoms with E-state index >= 15 is 0 Å². The number of hydrogen-bond donors (Lipinski definition) is 0. The summed E-state index contributed by atoms with van der Waals surface area (Å²) in [5.74, 6) is 0.368. The zero-order valence-corrected chi connectivity index (χ0v) is 19.4. The van der Waals surface area contributed by atoms with E-state index in [1.807, 2.05) is 0 Å². The van der Waals surface area contributed by atoms with Crippen molar-refractivity contribution in [2.75, 3.05) is 0 Å². The summed E-state index contributed by atoms with van der Waals surface area (Å²) in [7, 11) is 0. The quantitative estimate of drug-likeness (QED) is 0.175. The van der Waals surface area contributed by atoms with E-state index in [-0.39, 0.29) is 5.41 Å². The molecule has 1 aromatic carbocycles. The van der Waals surface area contributed by atoms with E-state index < -0.39 is 0 Å². The van der Waals surface area contributed by atoms with Crippen LogP contribution in [0.25, 0.3) is 0 Å². The van der Waals surface area contributed by atoms with Crippen molar-refractivity contribution in [1.82, 2.24) is 0 Å². The average Bonchev–Trinajstić information content (AvgIpc) is 2.70. The van der Waals surface area contributed by atoms with E-state index in [1.54, 1.807) is 0 Å². The van der Waals surface area contributed by atoms with Crippen molar-refractivity contribution in [3.05, 3.63) is 35.4 Å². The lowest BCUT2D eigenvalue weighted by Crippen LogP contribution is -2.34. The summed E-state index contributed by atoms with van der Waals surface area (Å²) >= 11 is 0. The van der Waals surface area contributed by atoms with E-state index in [2.05, 4.69) is 82.2 Å². The Balaban J connectivity index is 2.82. The van der Waals surface area contributed by atoms with Gasteiger partial charge in [-0.25, -0.2) is 0 Å². The molecule has 2 unspecified atom stereocenters. The predicted octanol–water partition coefficient (Wildman–Crippen LogP) is 8.28. The minimum absolute atomic E-state index is 0.150. The third kappa shape index (κ3) is 7.89. The summed E-state index contributed by atoms with van der Waals surface area (Å²) in [4.78, 5) is 0. The number of nitrogens with zero attached hydrogens (tertiary/aromatic N) is 2. The minimum Gasteiger partial charge on any atom is -0.163 e. The van der Waals surface area contributed by atoms with Crippen LogP contribution in [0.4, 0.5) is 0 Å². The first-order valence-electron chi connectivity index (χ1n) is 11.6. The predicted molar refractivity (Wildman–Crippen MR) is 127 cm³/mol. The van der Waals surface area contributed by atoms with Gasteiger partial charge in [0.05, 0.1) is 0 Å². The molecule has 2 heteroatoms. The summed E-state index contributed by atoms with van der Waals surface area (Å²) in [6.45, 7) is 13.5. The average molecular weight is 385 g/mol. The smallest absolute Gasteiger partial charge is 0.0374 e. The molecule has 0 fully saturated rings. The van der Waals surface area contributed by atoms with Crippen LogP contribution in [0.3, 0.4) is 0 Å². The molecule has 0 saturated carbocycles. The molecular weight excluding hydrogens is 340 g/mol. The minimum atomic E-state index is 0.150. The zero-order valence-electron chi connectivity index (χ0n) is 19.4. The van der Waals surface area contributed by atoms with Crippen molar-refractivity contribution in [1.29, 1.82) is 0 Å². The van der Waals surface area contributed by atoms with Crippen molar-refractivity contribution < 1.29 is 0 Å². The van der Waals surface area contributed by atoms with Crippen LogP contribution in [0.5, 0.6) is 0 Å². The highest BCUT2D eigenvalue weighted by atomic mass is 15.2. The molecule has 1 aromatic rings. The van der Waals surface area contributed by atoms with E-state index in [9.17, 15) is 0 Å². The normalized spacial score (nSPS) is 15.7. The molecular formula is C26H44N2. The van der Waals surface area contributed by atoms with Gasteiger partial charge in [-0.2, -0.15) is 10.2 Å². The lowest BCUT2D eigenvalue weighted by Gasteiger charge is -2.38. The largest absolute Gasteiger partial charge is 0.163 e. The van der Waals surface area contributed by atoms with Crippen LogP contribution in [-0.2, 0) is 5.41 Å². The van der Waals surface area contributed by atoms with Gasteiger partial charge in [0.25, 0.3) is 0 Å². The topological polar surface area (TPSA) is 24.7 Å². The van der Waals surface area contributed by atoms with Crippen LogP contribution in [0.2, 0.25) is 0 Å². The molecule has 0 aliphatic heterocycles. The first-order valence-corrected chi connectivity index (χ1v) is 11.6. The van der Waals surface area contributed by atoms with Gasteiger partial charge >= 0.3 is 0 Å². The van der Waals surface area contributed by atoms with E-state index in [0.717, 1.165) is 18.6 Å². The number of benzene rings is 1. The standard InChI is InChI=1S/C26H44N2/c1-7-10-12-13-14-15-24(6)28-27-21-23(5)26(9-3,20-11-8-2)25-18-16-22(4)17-19-25/h16-19,21,23H,7-15,20H2,1-6H3/b27-21?,28-24+. The van der Waals surface area contributed by atoms with Gasteiger partial charge in [0.15, 0.2) is 0 Å². The second kappa shape index (κ2) is 13.7. The molecule has 28 heavy (non-hydrogen) atoms. The summed E-state index contributed by atoms with van der Waals surface area (Å²) in [5, 5.41) is 9.02. The van der Waals surface area contributed by atoms with Gasteiger partial charge < -0.3 is 0 Å². The van der Waals surface area contributed by atoms with E-state index in [4.69, 9.17) is 0 Å². The number of aryl methyl sites for hydroxylation is 1. The molecule has 0 aliphatic carbocycles. The maximum atomic E-state index is 4.51. The van der Waals surface area contributed by atoms with Gasteiger partial charge in [-0.3, -0.25) is 0 Å². The summed E-state index contributed by atoms with van der Waals surface area (Å²) in [6.07, 6.45) is 14.5. The molecule has 0 radical (unpaired) electrons. The van der Waals surface area contributed by atoms with Crippen LogP contribution < -0.4 is 0 Å². The Morgan fingerprint density at radius 3 is 2.21 bits per heavy atom. The first kappa shape index (κ1) is 24.6. The Kier molecular flexibility index (Phi) is 12.0. The highest BCUT2D eigenvalue weighted by molar-refractivity contribution is 5.82. The number of unbranched alkanes of at least 4 members (excludes halogenated alkanes) is 5. The van der Waals surface area contributed by atoms with Crippen LogP contribution in [0.1, 0.15) is 110 Å². The Morgan fingerprint density at radius 1 is 0.964 bits per heavy atom. The summed E-state index contributed by atoms with van der Waals surface area (Å²) < 4.78 is 0. The Labute approximate surface area is 174 Å². The molecule has 0 heterocycles. The van der Waals surface area contributed by atoms with Crippen LogP contribution in [0, 0.1) is 12.8 Å². The maximum absolute atomic E-state index is 4.51. The molecule has 0 N–H and O–H groups in total. The summed E-state index contributed by atoms with van der Waals surface area (Å²) in [5.41, 5.74) is 4.08. The van der Waals surface area contributed by atoms with Crippen molar-refractivity contribution in [3.8, 4) is 0 Å². The zero-order chi connectivity index (χ0) is 20.8. The molecule has 0 spiro atoms. The van der Waals surface area contributed by atoms with Crippen molar-refractivity contribution in [2.45, 2.75) is 111 Å². The van der Waals surface area contributed by atoms with Gasteiger partial charge in [-0.1, -0.05) is 96.0 Å².